The molecule has 1 saturated carbocycles. The topological polar surface area (TPSA) is 15.3 Å². The maximum absolute atomic E-state index is 3.52. The third kappa shape index (κ3) is 3.18. The zero-order valence-electron chi connectivity index (χ0n) is 10.6. The molecular weight excluding hydrogens is 184 g/mol. The molecule has 2 aliphatic rings. The average molecular weight is 210 g/mol. The molecule has 2 rings (SSSR count). The Kier molecular flexibility index (Phi) is 3.36. The van der Waals surface area contributed by atoms with E-state index >= 15 is 0 Å². The van der Waals surface area contributed by atoms with Gasteiger partial charge in [0.2, 0.25) is 0 Å². The molecule has 0 radical (unpaired) electrons. The molecule has 2 unspecified atom stereocenters. The maximum atomic E-state index is 3.52. The lowest BCUT2D eigenvalue weighted by molar-refractivity contribution is 0.201. The first kappa shape index (κ1) is 11.4. The summed E-state index contributed by atoms with van der Waals surface area (Å²) in [6.45, 7) is 13.5. The molecular formula is C13H26N2. The molecule has 15 heavy (non-hydrogen) atoms. The van der Waals surface area contributed by atoms with Crippen molar-refractivity contribution in [2.45, 2.75) is 33.6 Å². The lowest BCUT2D eigenvalue weighted by Gasteiger charge is -2.29. The SMILES string of the molecule is CC1CNCCCN(CC2CC2(C)C)C1. The van der Waals surface area contributed by atoms with Crippen LogP contribution in [-0.2, 0) is 0 Å². The molecule has 0 aromatic rings. The summed E-state index contributed by atoms with van der Waals surface area (Å²) in [4.78, 5) is 2.70. The van der Waals surface area contributed by atoms with Crippen LogP contribution in [0.15, 0.2) is 0 Å². The number of hydrogen-bond donors (Lipinski definition) is 1. The van der Waals surface area contributed by atoms with Gasteiger partial charge in [0.05, 0.1) is 0 Å². The molecule has 0 bridgehead atoms. The number of rotatable bonds is 2. The van der Waals surface area contributed by atoms with Gasteiger partial charge >= 0.3 is 0 Å². The van der Waals surface area contributed by atoms with Gasteiger partial charge in [-0.3, -0.25) is 0 Å². The summed E-state index contributed by atoms with van der Waals surface area (Å²) in [5.41, 5.74) is 0.643. The van der Waals surface area contributed by atoms with Crippen molar-refractivity contribution >= 4 is 0 Å². The molecule has 2 fully saturated rings. The first-order valence-corrected chi connectivity index (χ1v) is 6.51. The second-order valence-electron chi connectivity index (χ2n) is 6.31. The van der Waals surface area contributed by atoms with E-state index in [1.165, 1.54) is 45.6 Å². The van der Waals surface area contributed by atoms with E-state index in [1.807, 2.05) is 0 Å². The van der Waals surface area contributed by atoms with E-state index in [0.717, 1.165) is 11.8 Å². The van der Waals surface area contributed by atoms with Crippen LogP contribution in [0, 0.1) is 17.3 Å². The predicted molar refractivity (Wildman–Crippen MR) is 65.0 cm³/mol. The highest BCUT2D eigenvalue weighted by Gasteiger charge is 2.45. The van der Waals surface area contributed by atoms with Gasteiger partial charge in [0.15, 0.2) is 0 Å². The summed E-state index contributed by atoms with van der Waals surface area (Å²) in [5, 5.41) is 3.52. The standard InChI is InChI=1S/C13H26N2/c1-11-8-14-5-4-6-15(9-11)10-12-7-13(12,2)3/h11-12,14H,4-10H2,1-3H3. The molecule has 2 atom stereocenters. The van der Waals surface area contributed by atoms with E-state index in [4.69, 9.17) is 0 Å². The Morgan fingerprint density at radius 2 is 2.13 bits per heavy atom. The molecule has 1 aliphatic heterocycles. The van der Waals surface area contributed by atoms with Crippen molar-refractivity contribution in [2.24, 2.45) is 17.3 Å². The summed E-state index contributed by atoms with van der Waals surface area (Å²) in [6.07, 6.45) is 2.76. The number of hydrogen-bond acceptors (Lipinski definition) is 2. The van der Waals surface area contributed by atoms with Crippen LogP contribution in [0.1, 0.15) is 33.6 Å². The van der Waals surface area contributed by atoms with E-state index in [9.17, 15) is 0 Å². The molecule has 1 N–H and O–H groups in total. The van der Waals surface area contributed by atoms with Crippen LogP contribution >= 0.6 is 0 Å². The Bertz CT molecular complexity index is 213. The Morgan fingerprint density at radius 1 is 1.40 bits per heavy atom. The van der Waals surface area contributed by atoms with Crippen LogP contribution in [-0.4, -0.2) is 37.6 Å². The molecule has 0 spiro atoms. The number of nitrogens with zero attached hydrogens (tertiary/aromatic N) is 1. The second kappa shape index (κ2) is 4.42. The van der Waals surface area contributed by atoms with E-state index < -0.39 is 0 Å². The van der Waals surface area contributed by atoms with E-state index in [2.05, 4.69) is 31.0 Å². The summed E-state index contributed by atoms with van der Waals surface area (Å²) >= 11 is 0. The molecule has 88 valence electrons. The Hall–Kier alpha value is -0.0800. The van der Waals surface area contributed by atoms with Gasteiger partial charge in [-0.05, 0) is 49.7 Å². The van der Waals surface area contributed by atoms with Gasteiger partial charge in [0.25, 0.3) is 0 Å². The molecule has 2 nitrogen and oxygen atoms in total. The highest BCUT2D eigenvalue weighted by molar-refractivity contribution is 4.96. The molecule has 0 amide bonds. The van der Waals surface area contributed by atoms with Crippen LogP contribution < -0.4 is 5.32 Å². The maximum Gasteiger partial charge on any atom is 0.00193 e. The second-order valence-corrected chi connectivity index (χ2v) is 6.31. The van der Waals surface area contributed by atoms with Gasteiger partial charge in [-0.15, -0.1) is 0 Å². The first-order chi connectivity index (χ1) is 7.08. The smallest absolute Gasteiger partial charge is 0.00193 e. The summed E-state index contributed by atoms with van der Waals surface area (Å²) in [7, 11) is 0. The van der Waals surface area contributed by atoms with Crippen LogP contribution in [0.4, 0.5) is 0 Å². The van der Waals surface area contributed by atoms with Crippen LogP contribution in [0.3, 0.4) is 0 Å². The van der Waals surface area contributed by atoms with Gasteiger partial charge in [-0.2, -0.15) is 0 Å². The summed E-state index contributed by atoms with van der Waals surface area (Å²) in [5.74, 6) is 1.78. The molecule has 2 heteroatoms. The van der Waals surface area contributed by atoms with Crippen molar-refractivity contribution in [3.8, 4) is 0 Å². The molecule has 0 aromatic carbocycles. The van der Waals surface area contributed by atoms with Crippen molar-refractivity contribution in [1.82, 2.24) is 10.2 Å². The monoisotopic (exact) mass is 210 g/mol. The Labute approximate surface area is 94.4 Å². The summed E-state index contributed by atoms with van der Waals surface area (Å²) in [6, 6.07) is 0. The Balaban J connectivity index is 1.79. The quantitative estimate of drug-likeness (QED) is 0.749. The summed E-state index contributed by atoms with van der Waals surface area (Å²) < 4.78 is 0. The minimum Gasteiger partial charge on any atom is -0.316 e. The average Bonchev–Trinajstić information content (AvgIpc) is 2.69. The first-order valence-electron chi connectivity index (χ1n) is 6.51. The predicted octanol–water partition coefficient (Wildman–Crippen LogP) is 1.96. The van der Waals surface area contributed by atoms with Gasteiger partial charge in [-0.1, -0.05) is 20.8 Å². The third-order valence-electron chi connectivity index (χ3n) is 4.09. The third-order valence-corrected chi connectivity index (χ3v) is 4.09. The van der Waals surface area contributed by atoms with Crippen molar-refractivity contribution < 1.29 is 0 Å². The zero-order valence-corrected chi connectivity index (χ0v) is 10.6. The highest BCUT2D eigenvalue weighted by atomic mass is 15.1. The lowest BCUT2D eigenvalue weighted by atomic mass is 10.1. The fraction of sp³-hybridized carbons (Fsp3) is 1.00. The molecule has 1 heterocycles. The van der Waals surface area contributed by atoms with Crippen LogP contribution in [0.5, 0.6) is 0 Å². The highest BCUT2D eigenvalue weighted by Crippen LogP contribution is 2.51. The van der Waals surface area contributed by atoms with Crippen molar-refractivity contribution in [1.29, 1.82) is 0 Å². The molecule has 1 saturated heterocycles. The molecule has 1 aliphatic carbocycles. The van der Waals surface area contributed by atoms with Gasteiger partial charge < -0.3 is 10.2 Å². The van der Waals surface area contributed by atoms with Crippen molar-refractivity contribution in [2.75, 3.05) is 32.7 Å². The Morgan fingerprint density at radius 3 is 2.80 bits per heavy atom. The van der Waals surface area contributed by atoms with Gasteiger partial charge in [0, 0.05) is 13.1 Å². The fourth-order valence-electron chi connectivity index (χ4n) is 2.74. The fourth-order valence-corrected chi connectivity index (χ4v) is 2.74. The van der Waals surface area contributed by atoms with E-state index in [1.54, 1.807) is 0 Å². The van der Waals surface area contributed by atoms with Crippen molar-refractivity contribution in [3.63, 3.8) is 0 Å². The van der Waals surface area contributed by atoms with Crippen molar-refractivity contribution in [3.05, 3.63) is 0 Å². The zero-order chi connectivity index (χ0) is 10.9. The van der Waals surface area contributed by atoms with E-state index in [-0.39, 0.29) is 0 Å². The van der Waals surface area contributed by atoms with Gasteiger partial charge in [-0.25, -0.2) is 0 Å². The minimum absolute atomic E-state index is 0.643. The van der Waals surface area contributed by atoms with Gasteiger partial charge in [0.1, 0.15) is 0 Å². The van der Waals surface area contributed by atoms with E-state index in [0.29, 0.717) is 5.41 Å². The minimum atomic E-state index is 0.643. The normalized spacial score (nSPS) is 37.0. The van der Waals surface area contributed by atoms with Crippen LogP contribution in [0.2, 0.25) is 0 Å². The van der Waals surface area contributed by atoms with Crippen LogP contribution in [0.25, 0.3) is 0 Å². The lowest BCUT2D eigenvalue weighted by Crippen LogP contribution is -2.39. The number of nitrogens with one attached hydrogen (secondary N) is 1. The largest absolute Gasteiger partial charge is 0.316 e. The molecule has 0 aromatic heterocycles.